The zero-order chi connectivity index (χ0) is 16.1. The third kappa shape index (κ3) is 4.23. The molecule has 1 amide bonds. The van der Waals surface area contributed by atoms with Crippen molar-refractivity contribution in [2.45, 2.75) is 37.2 Å². The van der Waals surface area contributed by atoms with E-state index in [0.717, 1.165) is 16.6 Å². The predicted molar refractivity (Wildman–Crippen MR) is 91.2 cm³/mol. The van der Waals surface area contributed by atoms with Crippen LogP contribution in [0.5, 0.6) is 0 Å². The summed E-state index contributed by atoms with van der Waals surface area (Å²) in [6, 6.07) is 7.36. The summed E-state index contributed by atoms with van der Waals surface area (Å²) >= 11 is 4.61. The number of nitrogens with zero attached hydrogens (tertiary/aromatic N) is 2. The highest BCUT2D eigenvalue weighted by molar-refractivity contribution is 9.10. The van der Waals surface area contributed by atoms with Gasteiger partial charge in [-0.25, -0.2) is 9.89 Å². The van der Waals surface area contributed by atoms with E-state index in [1.165, 1.54) is 11.8 Å². The number of hydrogen-bond acceptors (Lipinski definition) is 4. The Kier molecular flexibility index (Phi) is 5.84. The molecule has 0 spiro atoms. The molecule has 1 atom stereocenters. The first-order valence-electron chi connectivity index (χ1n) is 6.89. The molecule has 1 heterocycles. The number of carbonyl (C=O) groups is 1. The molecule has 0 fully saturated rings. The Balaban J connectivity index is 2.02. The molecule has 6 nitrogen and oxygen atoms in total. The van der Waals surface area contributed by atoms with Gasteiger partial charge in [0.25, 0.3) is 0 Å². The normalized spacial score (nSPS) is 12.1. The summed E-state index contributed by atoms with van der Waals surface area (Å²) in [6.45, 7) is 4.35. The molecule has 0 aliphatic carbocycles. The molecule has 2 N–H and O–H groups in total. The van der Waals surface area contributed by atoms with Crippen molar-refractivity contribution in [3.05, 3.63) is 39.2 Å². The molecule has 2 aromatic rings. The fourth-order valence-electron chi connectivity index (χ4n) is 1.80. The number of halogens is 1. The molecule has 0 bridgehead atoms. The molecule has 0 saturated heterocycles. The summed E-state index contributed by atoms with van der Waals surface area (Å²) in [6.07, 6.45) is 0.826. The zero-order valence-electron chi connectivity index (χ0n) is 12.3. The minimum Gasteiger partial charge on any atom is -0.325 e. The molecule has 22 heavy (non-hydrogen) atoms. The first-order valence-corrected chi connectivity index (χ1v) is 8.56. The van der Waals surface area contributed by atoms with Gasteiger partial charge in [0.2, 0.25) is 5.91 Å². The van der Waals surface area contributed by atoms with Gasteiger partial charge in [-0.1, -0.05) is 34.6 Å². The van der Waals surface area contributed by atoms with Crippen LogP contribution in [0.1, 0.15) is 20.3 Å². The highest BCUT2D eigenvalue weighted by Gasteiger charge is 2.18. The number of aromatic amines is 1. The lowest BCUT2D eigenvalue weighted by atomic mass is 10.3. The highest BCUT2D eigenvalue weighted by atomic mass is 79.9. The van der Waals surface area contributed by atoms with Gasteiger partial charge in [0, 0.05) is 16.7 Å². The monoisotopic (exact) mass is 384 g/mol. The van der Waals surface area contributed by atoms with Gasteiger partial charge in [-0.2, -0.15) is 0 Å². The average molecular weight is 385 g/mol. The number of anilines is 1. The zero-order valence-corrected chi connectivity index (χ0v) is 14.7. The Hall–Kier alpha value is -1.54. The smallest absolute Gasteiger partial charge is 0.325 e. The fraction of sp³-hybridized carbons (Fsp3) is 0.357. The van der Waals surface area contributed by atoms with Crippen molar-refractivity contribution in [2.24, 2.45) is 0 Å². The van der Waals surface area contributed by atoms with Crippen molar-refractivity contribution < 1.29 is 4.79 Å². The second-order valence-corrected chi connectivity index (χ2v) is 6.94. The van der Waals surface area contributed by atoms with Crippen molar-refractivity contribution in [3.8, 4) is 0 Å². The SMILES string of the molecule is CCCn1c(S[C@@H](C)C(=O)Nc2ccc(Br)cc2)n[nH]c1=O. The fourth-order valence-corrected chi connectivity index (χ4v) is 2.95. The minimum atomic E-state index is -0.366. The maximum atomic E-state index is 12.2. The predicted octanol–water partition coefficient (Wildman–Crippen LogP) is 2.86. The summed E-state index contributed by atoms with van der Waals surface area (Å²) in [5.74, 6) is -0.134. The van der Waals surface area contributed by atoms with E-state index in [-0.39, 0.29) is 16.8 Å². The van der Waals surface area contributed by atoms with E-state index in [1.807, 2.05) is 31.2 Å². The van der Waals surface area contributed by atoms with E-state index >= 15 is 0 Å². The molecular formula is C14H17BrN4O2S. The van der Waals surface area contributed by atoms with Gasteiger partial charge in [0.1, 0.15) is 0 Å². The molecule has 0 unspecified atom stereocenters. The van der Waals surface area contributed by atoms with Gasteiger partial charge >= 0.3 is 5.69 Å². The van der Waals surface area contributed by atoms with Crippen LogP contribution in [-0.4, -0.2) is 25.9 Å². The summed E-state index contributed by atoms with van der Waals surface area (Å²) < 4.78 is 2.50. The highest BCUT2D eigenvalue weighted by Crippen LogP contribution is 2.22. The maximum absolute atomic E-state index is 12.2. The molecule has 0 aliphatic heterocycles. The van der Waals surface area contributed by atoms with E-state index in [4.69, 9.17) is 0 Å². The third-order valence-corrected chi connectivity index (χ3v) is 4.55. The van der Waals surface area contributed by atoms with Crippen LogP contribution < -0.4 is 11.0 Å². The number of H-pyrrole nitrogens is 1. The summed E-state index contributed by atoms with van der Waals surface area (Å²) in [4.78, 5) is 23.8. The number of nitrogens with one attached hydrogen (secondary N) is 2. The number of aromatic nitrogens is 3. The number of rotatable bonds is 6. The van der Waals surface area contributed by atoms with E-state index < -0.39 is 0 Å². The van der Waals surface area contributed by atoms with Crippen LogP contribution >= 0.6 is 27.7 Å². The van der Waals surface area contributed by atoms with Crippen molar-refractivity contribution >= 4 is 39.3 Å². The number of amides is 1. The molecule has 1 aromatic carbocycles. The molecular weight excluding hydrogens is 368 g/mol. The second kappa shape index (κ2) is 7.64. The maximum Gasteiger partial charge on any atom is 0.343 e. The van der Waals surface area contributed by atoms with E-state index in [2.05, 4.69) is 31.4 Å². The molecule has 118 valence electrons. The second-order valence-electron chi connectivity index (χ2n) is 4.72. The van der Waals surface area contributed by atoms with E-state index in [1.54, 1.807) is 11.5 Å². The molecule has 2 rings (SSSR count). The van der Waals surface area contributed by atoms with E-state index in [0.29, 0.717) is 11.7 Å². The van der Waals surface area contributed by atoms with Gasteiger partial charge in [-0.3, -0.25) is 9.36 Å². The molecule has 8 heteroatoms. The number of benzene rings is 1. The Morgan fingerprint density at radius 2 is 2.14 bits per heavy atom. The lowest BCUT2D eigenvalue weighted by Crippen LogP contribution is -2.24. The van der Waals surface area contributed by atoms with Crippen LogP contribution in [0.3, 0.4) is 0 Å². The van der Waals surface area contributed by atoms with Crippen molar-refractivity contribution in [3.63, 3.8) is 0 Å². The number of carbonyl (C=O) groups excluding carboxylic acids is 1. The Morgan fingerprint density at radius 1 is 1.45 bits per heavy atom. The third-order valence-electron chi connectivity index (χ3n) is 2.93. The minimum absolute atomic E-state index is 0.134. The van der Waals surface area contributed by atoms with Gasteiger partial charge in [-0.05, 0) is 37.6 Å². The molecule has 1 aromatic heterocycles. The van der Waals surface area contributed by atoms with Gasteiger partial charge in [-0.15, -0.1) is 5.10 Å². The van der Waals surface area contributed by atoms with Gasteiger partial charge in [0.15, 0.2) is 5.16 Å². The van der Waals surface area contributed by atoms with Crippen LogP contribution in [0.2, 0.25) is 0 Å². The molecule has 0 aliphatic rings. The standard InChI is InChI=1S/C14H17BrN4O2S/c1-3-8-19-13(21)17-18-14(19)22-9(2)12(20)16-11-6-4-10(15)5-7-11/h4-7,9H,3,8H2,1-2H3,(H,16,20)(H,17,21)/t9-/m0/s1. The van der Waals surface area contributed by atoms with Crippen LogP contribution in [0.4, 0.5) is 5.69 Å². The number of hydrogen-bond donors (Lipinski definition) is 2. The van der Waals surface area contributed by atoms with Crippen LogP contribution in [0.25, 0.3) is 0 Å². The topological polar surface area (TPSA) is 79.8 Å². The summed E-state index contributed by atoms with van der Waals surface area (Å²) in [5.41, 5.74) is 0.485. The Bertz CT molecular complexity index is 696. The van der Waals surface area contributed by atoms with Crippen molar-refractivity contribution in [1.29, 1.82) is 0 Å². The van der Waals surface area contributed by atoms with Crippen LogP contribution in [0.15, 0.2) is 38.7 Å². The molecule has 0 saturated carbocycles. The Morgan fingerprint density at radius 3 is 2.77 bits per heavy atom. The first kappa shape index (κ1) is 16.8. The quantitative estimate of drug-likeness (QED) is 0.750. The summed E-state index contributed by atoms with van der Waals surface area (Å²) in [5, 5.41) is 9.41. The first-order chi connectivity index (χ1) is 10.5. The van der Waals surface area contributed by atoms with Crippen molar-refractivity contribution in [2.75, 3.05) is 5.32 Å². The van der Waals surface area contributed by atoms with Crippen molar-refractivity contribution in [1.82, 2.24) is 14.8 Å². The van der Waals surface area contributed by atoms with E-state index in [9.17, 15) is 9.59 Å². The Labute approximate surface area is 140 Å². The largest absolute Gasteiger partial charge is 0.343 e. The van der Waals surface area contributed by atoms with Gasteiger partial charge < -0.3 is 5.32 Å². The summed E-state index contributed by atoms with van der Waals surface area (Å²) in [7, 11) is 0. The van der Waals surface area contributed by atoms with Crippen LogP contribution in [-0.2, 0) is 11.3 Å². The lowest BCUT2D eigenvalue weighted by Gasteiger charge is -2.12. The number of thioether (sulfide) groups is 1. The lowest BCUT2D eigenvalue weighted by molar-refractivity contribution is -0.115. The van der Waals surface area contributed by atoms with Crippen LogP contribution in [0, 0.1) is 0 Å². The molecule has 0 radical (unpaired) electrons. The average Bonchev–Trinajstić information content (AvgIpc) is 2.83. The van der Waals surface area contributed by atoms with Gasteiger partial charge in [0.05, 0.1) is 5.25 Å².